The average molecular weight is 393 g/mol. The van der Waals surface area contributed by atoms with E-state index < -0.39 is 0 Å². The second-order valence-electron chi connectivity index (χ2n) is 4.13. The van der Waals surface area contributed by atoms with E-state index in [0.29, 0.717) is 0 Å². The van der Waals surface area contributed by atoms with E-state index >= 15 is 0 Å². The number of H-pyrrole nitrogens is 1. The van der Waals surface area contributed by atoms with Gasteiger partial charge in [-0.3, -0.25) is 0 Å². The Labute approximate surface area is 156 Å². The van der Waals surface area contributed by atoms with Crippen LogP contribution in [0.3, 0.4) is 0 Å². The summed E-state index contributed by atoms with van der Waals surface area (Å²) in [5.74, 6) is 0. The second-order valence-corrected chi connectivity index (χ2v) is 4.13. The summed E-state index contributed by atoms with van der Waals surface area (Å²) in [7, 11) is 0. The maximum Gasteiger partial charge on any atom is 4.00 e. The van der Waals surface area contributed by atoms with E-state index in [1.165, 1.54) is 10.8 Å². The van der Waals surface area contributed by atoms with Crippen LogP contribution in [0, 0.1) is 6.07 Å². The molecule has 0 radical (unpaired) electrons. The Bertz CT molecular complexity index is 635. The fourth-order valence-electron chi connectivity index (χ4n) is 2.00. The molecule has 0 aliphatic heterocycles. The topological polar surface area (TPSA) is 15.8 Å². The SMILES string of the molecule is [Cl-].[Cl-].[Zr+4].[c-]1c[nH]c2ccccc12.c1ccc2[cH-]ccc2c1. The Morgan fingerprint density at radius 3 is 2.33 bits per heavy atom. The molecule has 1 N–H and O–H groups in total. The molecule has 0 amide bonds. The summed E-state index contributed by atoms with van der Waals surface area (Å²) in [5, 5.41) is 3.81. The van der Waals surface area contributed by atoms with Crippen molar-refractivity contribution in [3.8, 4) is 0 Å². The van der Waals surface area contributed by atoms with Gasteiger partial charge in [0.1, 0.15) is 0 Å². The second kappa shape index (κ2) is 9.89. The van der Waals surface area contributed by atoms with Gasteiger partial charge in [-0.1, -0.05) is 29.9 Å². The molecule has 0 saturated carbocycles. The van der Waals surface area contributed by atoms with Gasteiger partial charge in [-0.25, -0.2) is 0 Å². The molecular weight excluding hydrogens is 380 g/mol. The van der Waals surface area contributed by atoms with Gasteiger partial charge in [-0.05, 0) is 0 Å². The first-order valence-electron chi connectivity index (χ1n) is 5.98. The van der Waals surface area contributed by atoms with Gasteiger partial charge in [0.2, 0.25) is 0 Å². The Morgan fingerprint density at radius 1 is 0.857 bits per heavy atom. The molecule has 0 spiro atoms. The summed E-state index contributed by atoms with van der Waals surface area (Å²) in [6.07, 6.45) is 1.82. The molecule has 0 unspecified atom stereocenters. The fraction of sp³-hybridized carbons (Fsp3) is 0. The molecule has 0 aliphatic carbocycles. The molecule has 4 aromatic rings. The molecule has 4 heteroatoms. The zero-order valence-corrected chi connectivity index (χ0v) is 15.2. The zero-order chi connectivity index (χ0) is 12.2. The third-order valence-electron chi connectivity index (χ3n) is 2.93. The normalized spacial score (nSPS) is 8.76. The van der Waals surface area contributed by atoms with Gasteiger partial charge in [0, 0.05) is 0 Å². The van der Waals surface area contributed by atoms with Crippen LogP contribution in [0.1, 0.15) is 0 Å². The summed E-state index contributed by atoms with van der Waals surface area (Å²) in [4.78, 5) is 3.06. The van der Waals surface area contributed by atoms with Crippen molar-refractivity contribution in [3.05, 3.63) is 79.0 Å². The van der Waals surface area contributed by atoms with Crippen LogP contribution in [0.15, 0.2) is 72.9 Å². The largest absolute Gasteiger partial charge is 4.00 e. The van der Waals surface area contributed by atoms with Crippen molar-refractivity contribution in [2.24, 2.45) is 0 Å². The maximum atomic E-state index is 3.06. The molecule has 0 aliphatic rings. The van der Waals surface area contributed by atoms with Crippen molar-refractivity contribution < 1.29 is 51.0 Å². The smallest absolute Gasteiger partial charge is 1.00 e. The number of hydrogen-bond acceptors (Lipinski definition) is 0. The van der Waals surface area contributed by atoms with Crippen LogP contribution in [-0.2, 0) is 26.2 Å². The van der Waals surface area contributed by atoms with Crippen molar-refractivity contribution in [1.82, 2.24) is 4.98 Å². The van der Waals surface area contributed by atoms with E-state index in [1.807, 2.05) is 30.5 Å². The molecule has 4 rings (SSSR count). The van der Waals surface area contributed by atoms with E-state index in [-0.39, 0.29) is 51.0 Å². The monoisotopic (exact) mass is 391 g/mol. The third-order valence-corrected chi connectivity index (χ3v) is 2.93. The minimum atomic E-state index is 0. The summed E-state index contributed by atoms with van der Waals surface area (Å²) in [6, 6.07) is 25.8. The van der Waals surface area contributed by atoms with E-state index in [1.54, 1.807) is 0 Å². The number of benzene rings is 2. The minimum absolute atomic E-state index is 0. The predicted molar refractivity (Wildman–Crippen MR) is 76.7 cm³/mol. The number of hydrogen-bond donors (Lipinski definition) is 1. The predicted octanol–water partition coefficient (Wildman–Crippen LogP) is -1.47. The molecular formula is C17H13Cl2NZr. The number of halogens is 2. The van der Waals surface area contributed by atoms with E-state index in [4.69, 9.17) is 0 Å². The van der Waals surface area contributed by atoms with Crippen LogP contribution in [0.2, 0.25) is 0 Å². The van der Waals surface area contributed by atoms with Crippen molar-refractivity contribution in [2.45, 2.75) is 0 Å². The molecule has 0 saturated heterocycles. The Balaban J connectivity index is 0.000000333. The molecule has 1 heterocycles. The molecule has 104 valence electrons. The van der Waals surface area contributed by atoms with E-state index in [2.05, 4.69) is 53.5 Å². The fourth-order valence-corrected chi connectivity index (χ4v) is 2.00. The number of aromatic amines is 1. The molecule has 0 bridgehead atoms. The number of para-hydroxylation sites is 1. The van der Waals surface area contributed by atoms with Gasteiger partial charge in [0.05, 0.1) is 0 Å². The number of aromatic nitrogens is 1. The Hall–Kier alpha value is -0.947. The summed E-state index contributed by atoms with van der Waals surface area (Å²) < 4.78 is 0. The summed E-state index contributed by atoms with van der Waals surface area (Å²) in [5.41, 5.74) is 1.15. The van der Waals surface area contributed by atoms with Gasteiger partial charge in [-0.15, -0.1) is 35.7 Å². The van der Waals surface area contributed by atoms with Crippen LogP contribution in [0.4, 0.5) is 0 Å². The maximum absolute atomic E-state index is 3.06. The third kappa shape index (κ3) is 5.07. The van der Waals surface area contributed by atoms with E-state index in [0.717, 1.165) is 10.9 Å². The standard InChI is InChI=1S/C9H7.C8H6N.2ClH.Zr/c1-2-5-9-7-3-6-8(9)4-1;1-2-4-8-7(3-1)5-6-9-8;;;/h1-7H;1-4,6,9H;2*1H;/q2*-1;;;+4/p-2. The summed E-state index contributed by atoms with van der Waals surface area (Å²) in [6.45, 7) is 0. The minimum Gasteiger partial charge on any atom is -1.00 e. The first kappa shape index (κ1) is 20.1. The first-order valence-corrected chi connectivity index (χ1v) is 5.98. The Kier molecular flexibility index (Phi) is 9.45. The van der Waals surface area contributed by atoms with Crippen LogP contribution in [-0.4, -0.2) is 4.98 Å². The quantitative estimate of drug-likeness (QED) is 0.352. The van der Waals surface area contributed by atoms with Gasteiger partial charge < -0.3 is 29.8 Å². The average Bonchev–Trinajstić information content (AvgIpc) is 3.08. The van der Waals surface area contributed by atoms with Crippen LogP contribution in [0.25, 0.3) is 21.7 Å². The van der Waals surface area contributed by atoms with Crippen molar-refractivity contribution in [3.63, 3.8) is 0 Å². The van der Waals surface area contributed by atoms with Gasteiger partial charge in [0.15, 0.2) is 0 Å². The van der Waals surface area contributed by atoms with Crippen LogP contribution in [0.5, 0.6) is 0 Å². The number of rotatable bonds is 0. The molecule has 1 nitrogen and oxygen atoms in total. The molecule has 1 aromatic heterocycles. The van der Waals surface area contributed by atoms with Crippen LogP contribution < -0.4 is 24.8 Å². The number of fused-ring (bicyclic) bond motifs is 2. The Morgan fingerprint density at radius 2 is 1.57 bits per heavy atom. The van der Waals surface area contributed by atoms with Gasteiger partial charge >= 0.3 is 26.2 Å². The molecule has 21 heavy (non-hydrogen) atoms. The van der Waals surface area contributed by atoms with Gasteiger partial charge in [-0.2, -0.15) is 35.0 Å². The summed E-state index contributed by atoms with van der Waals surface area (Å²) >= 11 is 0. The van der Waals surface area contributed by atoms with Crippen LogP contribution >= 0.6 is 0 Å². The van der Waals surface area contributed by atoms with Crippen molar-refractivity contribution >= 4 is 21.7 Å². The molecule has 3 aromatic carbocycles. The van der Waals surface area contributed by atoms with Crippen molar-refractivity contribution in [2.75, 3.05) is 0 Å². The number of nitrogens with one attached hydrogen (secondary N) is 1. The van der Waals surface area contributed by atoms with E-state index in [9.17, 15) is 0 Å². The molecule has 0 fully saturated rings. The van der Waals surface area contributed by atoms with Gasteiger partial charge in [0.25, 0.3) is 0 Å². The molecule has 0 atom stereocenters. The first-order chi connectivity index (χ1) is 8.93. The zero-order valence-electron chi connectivity index (χ0n) is 11.2. The van der Waals surface area contributed by atoms with Crippen molar-refractivity contribution in [1.29, 1.82) is 0 Å².